The summed E-state index contributed by atoms with van der Waals surface area (Å²) in [5, 5.41) is 3.72. The van der Waals surface area contributed by atoms with Crippen molar-refractivity contribution in [2.24, 2.45) is 0 Å². The second-order valence-electron chi connectivity index (χ2n) is 3.18. The van der Waals surface area contributed by atoms with Crippen molar-refractivity contribution >= 4 is 6.08 Å². The van der Waals surface area contributed by atoms with Gasteiger partial charge in [-0.25, -0.2) is 4.39 Å². The number of hydrogen-bond acceptors (Lipinski definition) is 3. The molecular formula is C11H9FN2O. The predicted octanol–water partition coefficient (Wildman–Crippen LogP) is 2.83. The van der Waals surface area contributed by atoms with E-state index in [1.54, 1.807) is 13.0 Å². The van der Waals surface area contributed by atoms with Crippen molar-refractivity contribution in [2.45, 2.75) is 6.92 Å². The number of aryl methyl sites for hydroxylation is 1. The number of aromatic nitrogens is 2. The molecule has 0 N–H and O–H groups in total. The first-order valence-corrected chi connectivity index (χ1v) is 4.43. The average Bonchev–Trinajstić information content (AvgIpc) is 2.64. The standard InChI is InChI=1S/C11H9FN2O/c1-3-10-13-11(14-15-10)8-4-7(2)5-9(12)6-8/h3-6H,1H2,2H3. The Morgan fingerprint density at radius 1 is 1.40 bits per heavy atom. The van der Waals surface area contributed by atoms with Crippen LogP contribution in [0.4, 0.5) is 4.39 Å². The van der Waals surface area contributed by atoms with Crippen LogP contribution in [0.2, 0.25) is 0 Å². The summed E-state index contributed by atoms with van der Waals surface area (Å²) in [5.74, 6) is 0.384. The topological polar surface area (TPSA) is 38.9 Å². The molecule has 0 atom stereocenters. The third kappa shape index (κ3) is 1.93. The van der Waals surface area contributed by atoms with Crippen molar-refractivity contribution in [3.05, 3.63) is 42.0 Å². The van der Waals surface area contributed by atoms with Crippen LogP contribution in [0.5, 0.6) is 0 Å². The van der Waals surface area contributed by atoms with Crippen LogP contribution in [0.15, 0.2) is 29.3 Å². The van der Waals surface area contributed by atoms with Crippen LogP contribution in [0.3, 0.4) is 0 Å². The Labute approximate surface area is 86.2 Å². The maximum absolute atomic E-state index is 13.1. The Kier molecular flexibility index (Phi) is 2.33. The van der Waals surface area contributed by atoms with Crippen LogP contribution < -0.4 is 0 Å². The number of halogens is 1. The van der Waals surface area contributed by atoms with E-state index in [0.29, 0.717) is 17.3 Å². The molecule has 1 heterocycles. The van der Waals surface area contributed by atoms with E-state index in [9.17, 15) is 4.39 Å². The Balaban J connectivity index is 2.48. The monoisotopic (exact) mass is 204 g/mol. The Morgan fingerprint density at radius 2 is 2.20 bits per heavy atom. The van der Waals surface area contributed by atoms with Gasteiger partial charge in [-0.1, -0.05) is 11.7 Å². The Morgan fingerprint density at radius 3 is 2.80 bits per heavy atom. The summed E-state index contributed by atoms with van der Waals surface area (Å²) in [6, 6.07) is 4.60. The quantitative estimate of drug-likeness (QED) is 0.755. The zero-order valence-corrected chi connectivity index (χ0v) is 8.20. The lowest BCUT2D eigenvalue weighted by atomic mass is 10.1. The molecule has 1 aromatic heterocycles. The van der Waals surface area contributed by atoms with Gasteiger partial charge in [0.25, 0.3) is 0 Å². The van der Waals surface area contributed by atoms with Gasteiger partial charge >= 0.3 is 0 Å². The van der Waals surface area contributed by atoms with E-state index in [-0.39, 0.29) is 5.82 Å². The fourth-order valence-corrected chi connectivity index (χ4v) is 1.30. The first-order chi connectivity index (χ1) is 7.19. The van der Waals surface area contributed by atoms with Gasteiger partial charge in [-0.05, 0) is 36.8 Å². The molecule has 2 rings (SSSR count). The van der Waals surface area contributed by atoms with Crippen LogP contribution in [0.1, 0.15) is 11.5 Å². The lowest BCUT2D eigenvalue weighted by Gasteiger charge is -1.97. The van der Waals surface area contributed by atoms with Gasteiger partial charge in [0.05, 0.1) is 0 Å². The van der Waals surface area contributed by atoms with Gasteiger partial charge in [-0.15, -0.1) is 0 Å². The minimum absolute atomic E-state index is 0.310. The van der Waals surface area contributed by atoms with E-state index < -0.39 is 0 Å². The molecule has 0 saturated carbocycles. The SMILES string of the molecule is C=Cc1nc(-c2cc(C)cc(F)c2)no1. The molecule has 0 aliphatic carbocycles. The van der Waals surface area contributed by atoms with E-state index in [4.69, 9.17) is 4.52 Å². The second-order valence-corrected chi connectivity index (χ2v) is 3.18. The van der Waals surface area contributed by atoms with Crippen LogP contribution >= 0.6 is 0 Å². The minimum atomic E-state index is -0.310. The summed E-state index contributed by atoms with van der Waals surface area (Å²) in [6.45, 7) is 5.31. The molecule has 0 aliphatic rings. The summed E-state index contributed by atoms with van der Waals surface area (Å²) in [4.78, 5) is 4.02. The number of hydrogen-bond donors (Lipinski definition) is 0. The normalized spacial score (nSPS) is 10.3. The van der Waals surface area contributed by atoms with Crippen LogP contribution in [-0.4, -0.2) is 10.1 Å². The lowest BCUT2D eigenvalue weighted by molar-refractivity contribution is 0.411. The van der Waals surface area contributed by atoms with Gasteiger partial charge in [0.2, 0.25) is 11.7 Å². The molecule has 0 bridgehead atoms. The van der Waals surface area contributed by atoms with Crippen molar-refractivity contribution in [2.75, 3.05) is 0 Å². The van der Waals surface area contributed by atoms with Crippen LogP contribution in [-0.2, 0) is 0 Å². The molecular weight excluding hydrogens is 195 g/mol. The van der Waals surface area contributed by atoms with Gasteiger partial charge in [0.1, 0.15) is 5.82 Å². The van der Waals surface area contributed by atoms with Gasteiger partial charge < -0.3 is 4.52 Å². The zero-order valence-electron chi connectivity index (χ0n) is 8.20. The third-order valence-corrected chi connectivity index (χ3v) is 1.92. The zero-order chi connectivity index (χ0) is 10.8. The molecule has 0 radical (unpaired) electrons. The molecule has 1 aromatic carbocycles. The first-order valence-electron chi connectivity index (χ1n) is 4.43. The molecule has 0 spiro atoms. The van der Waals surface area contributed by atoms with Crippen LogP contribution in [0.25, 0.3) is 17.5 Å². The highest BCUT2D eigenvalue weighted by Crippen LogP contribution is 2.19. The van der Waals surface area contributed by atoms with Gasteiger partial charge in [0, 0.05) is 5.56 Å². The predicted molar refractivity (Wildman–Crippen MR) is 54.5 cm³/mol. The summed E-state index contributed by atoms with van der Waals surface area (Å²) < 4.78 is 17.9. The highest BCUT2D eigenvalue weighted by Gasteiger charge is 2.07. The second kappa shape index (κ2) is 3.65. The molecule has 0 saturated heterocycles. The molecule has 0 amide bonds. The van der Waals surface area contributed by atoms with Gasteiger partial charge in [0.15, 0.2) is 0 Å². The van der Waals surface area contributed by atoms with Crippen molar-refractivity contribution in [1.29, 1.82) is 0 Å². The molecule has 0 unspecified atom stereocenters. The maximum atomic E-state index is 13.1. The van der Waals surface area contributed by atoms with E-state index in [1.807, 2.05) is 0 Å². The fourth-order valence-electron chi connectivity index (χ4n) is 1.30. The molecule has 3 nitrogen and oxygen atoms in total. The smallest absolute Gasteiger partial charge is 0.250 e. The van der Waals surface area contributed by atoms with Crippen molar-refractivity contribution in [3.8, 4) is 11.4 Å². The largest absolute Gasteiger partial charge is 0.334 e. The fraction of sp³-hybridized carbons (Fsp3) is 0.0909. The summed E-state index contributed by atoms with van der Waals surface area (Å²) >= 11 is 0. The van der Waals surface area contributed by atoms with Crippen LogP contribution in [0, 0.1) is 12.7 Å². The molecule has 15 heavy (non-hydrogen) atoms. The van der Waals surface area contributed by atoms with E-state index in [1.165, 1.54) is 18.2 Å². The minimum Gasteiger partial charge on any atom is -0.334 e. The highest BCUT2D eigenvalue weighted by atomic mass is 19.1. The number of rotatable bonds is 2. The molecule has 2 aromatic rings. The molecule has 0 fully saturated rings. The van der Waals surface area contributed by atoms with E-state index in [2.05, 4.69) is 16.7 Å². The van der Waals surface area contributed by atoms with E-state index >= 15 is 0 Å². The average molecular weight is 204 g/mol. The maximum Gasteiger partial charge on any atom is 0.250 e. The van der Waals surface area contributed by atoms with Gasteiger partial charge in [-0.2, -0.15) is 4.98 Å². The number of benzene rings is 1. The third-order valence-electron chi connectivity index (χ3n) is 1.92. The highest BCUT2D eigenvalue weighted by molar-refractivity contribution is 5.56. The summed E-state index contributed by atoms with van der Waals surface area (Å²) in [5.41, 5.74) is 1.42. The summed E-state index contributed by atoms with van der Waals surface area (Å²) in [6.07, 6.45) is 1.45. The van der Waals surface area contributed by atoms with Crippen molar-refractivity contribution in [3.63, 3.8) is 0 Å². The number of nitrogens with zero attached hydrogens (tertiary/aromatic N) is 2. The molecule has 4 heteroatoms. The van der Waals surface area contributed by atoms with Crippen molar-refractivity contribution < 1.29 is 8.91 Å². The lowest BCUT2D eigenvalue weighted by Crippen LogP contribution is -1.85. The Hall–Kier alpha value is -1.97. The van der Waals surface area contributed by atoms with Crippen molar-refractivity contribution in [1.82, 2.24) is 10.1 Å². The molecule has 0 aliphatic heterocycles. The van der Waals surface area contributed by atoms with Gasteiger partial charge in [-0.3, -0.25) is 0 Å². The Bertz CT molecular complexity index is 485. The first kappa shape index (κ1) is 9.58. The molecule has 76 valence electrons. The summed E-state index contributed by atoms with van der Waals surface area (Å²) in [7, 11) is 0. The van der Waals surface area contributed by atoms with E-state index in [0.717, 1.165) is 5.56 Å².